The van der Waals surface area contributed by atoms with Crippen LogP contribution in [0, 0.1) is 5.82 Å². The van der Waals surface area contributed by atoms with E-state index in [0.29, 0.717) is 17.1 Å². The summed E-state index contributed by atoms with van der Waals surface area (Å²) in [6, 6.07) is 4.64. The Hall–Kier alpha value is -1.55. The van der Waals surface area contributed by atoms with E-state index in [1.54, 1.807) is 6.07 Å². The summed E-state index contributed by atoms with van der Waals surface area (Å²) in [5, 5.41) is 0.0941. The first-order chi connectivity index (χ1) is 9.62. The van der Waals surface area contributed by atoms with Crippen molar-refractivity contribution in [1.29, 1.82) is 0 Å². The number of hydrogen-bond acceptors (Lipinski definition) is 2. The summed E-state index contributed by atoms with van der Waals surface area (Å²) < 4.78 is 15.7. The van der Waals surface area contributed by atoms with E-state index in [2.05, 4.69) is 39.6 Å². The van der Waals surface area contributed by atoms with Gasteiger partial charge in [0.1, 0.15) is 23.2 Å². The molecule has 5 heteroatoms. The number of anilines is 1. The molecule has 0 aliphatic carbocycles. The highest BCUT2D eigenvalue weighted by molar-refractivity contribution is 6.30. The van der Waals surface area contributed by atoms with Crippen LogP contribution in [0.5, 0.6) is 0 Å². The molecule has 1 aromatic carbocycles. The Morgan fingerprint density at radius 2 is 1.90 bits per heavy atom. The largest absolute Gasteiger partial charge is 0.383 e. The van der Waals surface area contributed by atoms with Gasteiger partial charge in [-0.1, -0.05) is 31.5 Å². The predicted octanol–water partition coefficient (Wildman–Crippen LogP) is 4.80. The van der Waals surface area contributed by atoms with E-state index in [9.17, 15) is 4.39 Å². The second-order valence-corrected chi connectivity index (χ2v) is 6.90. The zero-order valence-corrected chi connectivity index (χ0v) is 13.8. The molecule has 2 aromatic rings. The van der Waals surface area contributed by atoms with Crippen LogP contribution in [0.2, 0.25) is 5.02 Å². The van der Waals surface area contributed by atoms with Crippen molar-refractivity contribution < 1.29 is 4.39 Å². The third-order valence-electron chi connectivity index (χ3n) is 3.32. The number of halogens is 2. The molecule has 0 aliphatic rings. The maximum atomic E-state index is 13.7. The van der Waals surface area contributed by atoms with Gasteiger partial charge in [0.25, 0.3) is 0 Å². The van der Waals surface area contributed by atoms with Gasteiger partial charge < -0.3 is 10.3 Å². The van der Waals surface area contributed by atoms with Crippen LogP contribution in [-0.2, 0) is 5.54 Å². The number of hydrogen-bond donors (Lipinski definition) is 1. The van der Waals surface area contributed by atoms with Gasteiger partial charge in [-0.3, -0.25) is 0 Å². The van der Waals surface area contributed by atoms with E-state index in [1.165, 1.54) is 12.1 Å². The van der Waals surface area contributed by atoms with Crippen molar-refractivity contribution >= 4 is 17.4 Å². The SMILES string of the molecule is CC(C)c1nc(-c2ccc(Cl)c(F)c2)c(N)n1C(C)(C)C. The van der Waals surface area contributed by atoms with Gasteiger partial charge in [0.2, 0.25) is 0 Å². The number of imidazole rings is 1. The highest BCUT2D eigenvalue weighted by Crippen LogP contribution is 2.35. The minimum absolute atomic E-state index is 0.0941. The van der Waals surface area contributed by atoms with E-state index >= 15 is 0 Å². The number of rotatable bonds is 2. The van der Waals surface area contributed by atoms with Gasteiger partial charge in [0.15, 0.2) is 0 Å². The second kappa shape index (κ2) is 5.34. The second-order valence-electron chi connectivity index (χ2n) is 6.49. The van der Waals surface area contributed by atoms with E-state index < -0.39 is 5.82 Å². The quantitative estimate of drug-likeness (QED) is 0.865. The molecule has 0 bridgehead atoms. The Morgan fingerprint density at radius 1 is 1.29 bits per heavy atom. The minimum Gasteiger partial charge on any atom is -0.383 e. The Morgan fingerprint density at radius 3 is 2.33 bits per heavy atom. The average Bonchev–Trinajstić information content (AvgIpc) is 2.70. The summed E-state index contributed by atoms with van der Waals surface area (Å²) in [6.45, 7) is 10.3. The number of benzene rings is 1. The van der Waals surface area contributed by atoms with Crippen LogP contribution in [0.3, 0.4) is 0 Å². The van der Waals surface area contributed by atoms with Crippen LogP contribution in [0.4, 0.5) is 10.2 Å². The zero-order valence-electron chi connectivity index (χ0n) is 13.0. The van der Waals surface area contributed by atoms with Gasteiger partial charge in [-0.15, -0.1) is 0 Å². The van der Waals surface area contributed by atoms with Crippen LogP contribution in [0.1, 0.15) is 46.4 Å². The number of nitrogens with two attached hydrogens (primary N) is 1. The fraction of sp³-hybridized carbons (Fsp3) is 0.438. The molecule has 1 heterocycles. The maximum absolute atomic E-state index is 13.7. The molecule has 0 fully saturated rings. The lowest BCUT2D eigenvalue weighted by Crippen LogP contribution is -2.26. The van der Waals surface area contributed by atoms with E-state index in [-0.39, 0.29) is 16.5 Å². The Labute approximate surface area is 129 Å². The third-order valence-corrected chi connectivity index (χ3v) is 3.63. The molecule has 2 rings (SSSR count). The van der Waals surface area contributed by atoms with Gasteiger partial charge in [-0.05, 0) is 32.9 Å². The molecular weight excluding hydrogens is 289 g/mol. The molecule has 0 spiro atoms. The first kappa shape index (κ1) is 15.8. The van der Waals surface area contributed by atoms with Crippen LogP contribution in [-0.4, -0.2) is 9.55 Å². The summed E-state index contributed by atoms with van der Waals surface area (Å²) in [5.41, 5.74) is 7.34. The van der Waals surface area contributed by atoms with Crippen molar-refractivity contribution in [2.75, 3.05) is 5.73 Å². The molecule has 2 N–H and O–H groups in total. The summed E-state index contributed by atoms with van der Waals surface area (Å²) in [5.74, 6) is 1.20. The lowest BCUT2D eigenvalue weighted by molar-refractivity contribution is 0.382. The first-order valence-electron chi connectivity index (χ1n) is 6.97. The van der Waals surface area contributed by atoms with Gasteiger partial charge in [0, 0.05) is 17.0 Å². The molecule has 0 radical (unpaired) electrons. The van der Waals surface area contributed by atoms with E-state index in [0.717, 1.165) is 5.82 Å². The Bertz CT molecular complexity index is 669. The van der Waals surface area contributed by atoms with Crippen LogP contribution < -0.4 is 5.73 Å². The highest BCUT2D eigenvalue weighted by Gasteiger charge is 2.26. The fourth-order valence-corrected chi connectivity index (χ4v) is 2.52. The predicted molar refractivity (Wildman–Crippen MR) is 86.1 cm³/mol. The Kier molecular flexibility index (Phi) is 4.02. The van der Waals surface area contributed by atoms with Gasteiger partial charge >= 0.3 is 0 Å². The number of nitrogen functional groups attached to an aromatic ring is 1. The van der Waals surface area contributed by atoms with Crippen LogP contribution >= 0.6 is 11.6 Å². The normalized spacial score (nSPS) is 12.2. The molecular formula is C16H21ClFN3. The lowest BCUT2D eigenvalue weighted by Gasteiger charge is -2.26. The van der Waals surface area contributed by atoms with Crippen molar-refractivity contribution in [2.45, 2.75) is 46.1 Å². The van der Waals surface area contributed by atoms with Crippen molar-refractivity contribution in [3.63, 3.8) is 0 Å². The molecule has 0 saturated carbocycles. The summed E-state index contributed by atoms with van der Waals surface area (Å²) in [4.78, 5) is 4.64. The van der Waals surface area contributed by atoms with Crippen molar-refractivity contribution in [2.24, 2.45) is 0 Å². The summed E-state index contributed by atoms with van der Waals surface area (Å²) in [7, 11) is 0. The van der Waals surface area contributed by atoms with Crippen molar-refractivity contribution in [3.05, 3.63) is 34.9 Å². The molecule has 114 valence electrons. The topological polar surface area (TPSA) is 43.8 Å². The average molecular weight is 310 g/mol. The van der Waals surface area contributed by atoms with Crippen LogP contribution in [0.25, 0.3) is 11.3 Å². The molecule has 0 atom stereocenters. The van der Waals surface area contributed by atoms with E-state index in [1.807, 2.05) is 4.57 Å². The molecule has 0 saturated heterocycles. The summed E-state index contributed by atoms with van der Waals surface area (Å²) in [6.07, 6.45) is 0. The smallest absolute Gasteiger partial charge is 0.142 e. The van der Waals surface area contributed by atoms with Gasteiger partial charge in [-0.25, -0.2) is 9.37 Å². The number of aromatic nitrogens is 2. The molecule has 21 heavy (non-hydrogen) atoms. The third kappa shape index (κ3) is 2.91. The van der Waals surface area contributed by atoms with Gasteiger partial charge in [-0.2, -0.15) is 0 Å². The first-order valence-corrected chi connectivity index (χ1v) is 7.34. The fourth-order valence-electron chi connectivity index (χ4n) is 2.40. The van der Waals surface area contributed by atoms with Gasteiger partial charge in [0.05, 0.1) is 5.02 Å². The highest BCUT2D eigenvalue weighted by atomic mass is 35.5. The summed E-state index contributed by atoms with van der Waals surface area (Å²) >= 11 is 5.74. The minimum atomic E-state index is -0.468. The molecule has 0 unspecified atom stereocenters. The molecule has 0 amide bonds. The molecule has 0 aliphatic heterocycles. The monoisotopic (exact) mass is 309 g/mol. The zero-order chi connectivity index (χ0) is 15.9. The standard InChI is InChI=1S/C16H21ClFN3/c1-9(2)15-20-13(14(19)21(15)16(3,4)5)10-6-7-11(17)12(18)8-10/h6-9H,19H2,1-5H3. The molecule has 1 aromatic heterocycles. The van der Waals surface area contributed by atoms with Crippen molar-refractivity contribution in [1.82, 2.24) is 9.55 Å². The number of nitrogens with zero attached hydrogens (tertiary/aromatic N) is 2. The Balaban J connectivity index is 2.68. The van der Waals surface area contributed by atoms with Crippen LogP contribution in [0.15, 0.2) is 18.2 Å². The van der Waals surface area contributed by atoms with E-state index in [4.69, 9.17) is 17.3 Å². The maximum Gasteiger partial charge on any atom is 0.142 e. The van der Waals surface area contributed by atoms with Crippen molar-refractivity contribution in [3.8, 4) is 11.3 Å². The lowest BCUT2D eigenvalue weighted by atomic mass is 10.1. The molecule has 3 nitrogen and oxygen atoms in total.